The number of hydrogen-bond donors (Lipinski definition) is 1. The van der Waals surface area contributed by atoms with Gasteiger partial charge in [-0.05, 0) is 69.2 Å². The highest BCUT2D eigenvalue weighted by atomic mass is 79.9. The molecule has 0 saturated carbocycles. The van der Waals surface area contributed by atoms with Crippen LogP contribution in [0.4, 0.5) is 5.13 Å². The highest BCUT2D eigenvalue weighted by molar-refractivity contribution is 9.10. The number of hydrogen-bond acceptors (Lipinski definition) is 6. The molecule has 0 radical (unpaired) electrons. The Morgan fingerprint density at radius 3 is 2.41 bits per heavy atom. The van der Waals surface area contributed by atoms with Gasteiger partial charge in [-0.15, -0.1) is 11.3 Å². The van der Waals surface area contributed by atoms with Crippen LogP contribution in [0.2, 0.25) is 0 Å². The Labute approximate surface area is 228 Å². The van der Waals surface area contributed by atoms with Crippen LogP contribution in [0.3, 0.4) is 0 Å². The molecule has 1 amide bonds. The lowest BCUT2D eigenvalue weighted by molar-refractivity contribution is 0.102. The average Bonchev–Trinajstić information content (AvgIpc) is 3.52. The molecule has 0 aliphatic carbocycles. The lowest BCUT2D eigenvalue weighted by Crippen LogP contribution is -2.37. The summed E-state index contributed by atoms with van der Waals surface area (Å²) in [5.41, 5.74) is 3.93. The van der Waals surface area contributed by atoms with Crippen molar-refractivity contribution in [3.63, 3.8) is 0 Å². The van der Waals surface area contributed by atoms with Crippen molar-refractivity contribution < 1.29 is 13.2 Å². The van der Waals surface area contributed by atoms with Crippen molar-refractivity contribution in [1.29, 1.82) is 0 Å². The van der Waals surface area contributed by atoms with Gasteiger partial charge in [-0.3, -0.25) is 10.1 Å². The first-order valence-electron chi connectivity index (χ1n) is 11.9. The molecule has 0 bridgehead atoms. The largest absolute Gasteiger partial charge is 0.296 e. The summed E-state index contributed by atoms with van der Waals surface area (Å²) in [4.78, 5) is 17.8. The fourth-order valence-corrected chi connectivity index (χ4v) is 6.89. The molecule has 11 heteroatoms. The second-order valence-electron chi connectivity index (χ2n) is 9.08. The van der Waals surface area contributed by atoms with Gasteiger partial charge in [0.1, 0.15) is 0 Å². The number of sulfonamides is 1. The van der Waals surface area contributed by atoms with Crippen LogP contribution < -0.4 is 5.32 Å². The first-order valence-corrected chi connectivity index (χ1v) is 15.0. The van der Waals surface area contributed by atoms with Crippen LogP contribution in [0.5, 0.6) is 0 Å². The second-order valence-corrected chi connectivity index (χ2v) is 12.8. The number of anilines is 1. The van der Waals surface area contributed by atoms with Crippen molar-refractivity contribution in [1.82, 2.24) is 19.1 Å². The Bertz CT molecular complexity index is 1520. The van der Waals surface area contributed by atoms with Gasteiger partial charge in [0.25, 0.3) is 5.91 Å². The van der Waals surface area contributed by atoms with E-state index in [4.69, 9.17) is 0 Å². The zero-order valence-electron chi connectivity index (χ0n) is 20.4. The van der Waals surface area contributed by atoms with Crippen molar-refractivity contribution >= 4 is 48.3 Å². The maximum absolute atomic E-state index is 13.0. The van der Waals surface area contributed by atoms with Crippen LogP contribution >= 0.6 is 27.3 Å². The molecule has 37 heavy (non-hydrogen) atoms. The van der Waals surface area contributed by atoms with Crippen molar-refractivity contribution in [2.45, 2.75) is 37.5 Å². The van der Waals surface area contributed by atoms with Crippen LogP contribution in [0, 0.1) is 13.8 Å². The third-order valence-corrected chi connectivity index (χ3v) is 9.68. The van der Waals surface area contributed by atoms with E-state index in [1.807, 2.05) is 55.6 Å². The molecule has 0 spiro atoms. The molecule has 1 fully saturated rings. The van der Waals surface area contributed by atoms with E-state index >= 15 is 0 Å². The maximum Gasteiger partial charge on any atom is 0.277 e. The topological polar surface area (TPSA) is 97.2 Å². The minimum Gasteiger partial charge on any atom is -0.296 e. The van der Waals surface area contributed by atoms with Crippen molar-refractivity contribution in [3.8, 4) is 5.69 Å². The number of thiazole rings is 1. The van der Waals surface area contributed by atoms with Gasteiger partial charge in [-0.1, -0.05) is 33.6 Å². The molecule has 0 atom stereocenters. The number of carbonyl (C=O) groups is 1. The minimum absolute atomic E-state index is 0.144. The maximum atomic E-state index is 13.0. The number of aromatic nitrogens is 3. The molecule has 5 rings (SSSR count). The Balaban J connectivity index is 1.21. The molecule has 1 saturated heterocycles. The first kappa shape index (κ1) is 25.8. The molecule has 1 aliphatic heterocycles. The number of halogens is 1. The summed E-state index contributed by atoms with van der Waals surface area (Å²) >= 11 is 4.79. The molecule has 2 aromatic heterocycles. The highest BCUT2D eigenvalue weighted by Gasteiger charge is 2.31. The molecular weight excluding hydrogens is 574 g/mol. The third kappa shape index (κ3) is 5.54. The highest BCUT2D eigenvalue weighted by Crippen LogP contribution is 2.32. The summed E-state index contributed by atoms with van der Waals surface area (Å²) in [7, 11) is -3.50. The monoisotopic (exact) mass is 599 g/mol. The van der Waals surface area contributed by atoms with E-state index in [0.717, 1.165) is 27.1 Å². The summed E-state index contributed by atoms with van der Waals surface area (Å²) in [6, 6.07) is 16.4. The minimum atomic E-state index is -3.50. The molecule has 1 N–H and O–H groups in total. The van der Waals surface area contributed by atoms with E-state index in [2.05, 4.69) is 31.3 Å². The van der Waals surface area contributed by atoms with Gasteiger partial charge >= 0.3 is 0 Å². The molecule has 2 aromatic carbocycles. The third-order valence-electron chi connectivity index (χ3n) is 6.46. The van der Waals surface area contributed by atoms with Crippen LogP contribution in [-0.4, -0.2) is 46.5 Å². The lowest BCUT2D eigenvalue weighted by atomic mass is 9.95. The van der Waals surface area contributed by atoms with E-state index < -0.39 is 10.0 Å². The van der Waals surface area contributed by atoms with E-state index in [1.165, 1.54) is 11.3 Å². The SMILES string of the molecule is Cc1ccc(S(=O)(=O)N2CCC(c3csc(NC(=O)c4cc(C)n(-c5ccc(Br)cc5)n4)n3)CC2)cc1. The van der Waals surface area contributed by atoms with E-state index in [0.29, 0.717) is 41.7 Å². The zero-order chi connectivity index (χ0) is 26.2. The molecule has 192 valence electrons. The number of amides is 1. The van der Waals surface area contributed by atoms with Gasteiger partial charge in [0.15, 0.2) is 10.8 Å². The van der Waals surface area contributed by atoms with Crippen molar-refractivity contribution in [3.05, 3.63) is 87.1 Å². The Kier molecular flexibility index (Phi) is 7.30. The fraction of sp³-hybridized carbons (Fsp3) is 0.269. The number of nitrogens with zero attached hydrogens (tertiary/aromatic N) is 4. The number of carbonyl (C=O) groups excluding carboxylic acids is 1. The second kappa shape index (κ2) is 10.5. The molecule has 8 nitrogen and oxygen atoms in total. The number of rotatable bonds is 6. The van der Waals surface area contributed by atoms with Gasteiger partial charge in [0.2, 0.25) is 10.0 Å². The standard InChI is InChI=1S/C26H26BrN5O3S2/c1-17-3-9-22(10-4-17)37(34,35)31-13-11-19(12-14-31)24-16-36-26(28-24)29-25(33)23-15-18(2)32(30-23)21-7-5-20(27)6-8-21/h3-10,15-16,19H,11-14H2,1-2H3,(H,28,29,33). The van der Waals surface area contributed by atoms with Crippen LogP contribution in [0.15, 0.2) is 69.3 Å². The van der Waals surface area contributed by atoms with Crippen molar-refractivity contribution in [2.75, 3.05) is 18.4 Å². The Hall–Kier alpha value is -2.86. The van der Waals surface area contributed by atoms with E-state index in [1.54, 1.807) is 27.2 Å². The number of nitrogens with one attached hydrogen (secondary N) is 1. The molecule has 1 aliphatic rings. The van der Waals surface area contributed by atoms with Gasteiger partial charge in [-0.2, -0.15) is 9.40 Å². The zero-order valence-corrected chi connectivity index (χ0v) is 23.6. The summed E-state index contributed by atoms with van der Waals surface area (Å²) in [6.45, 7) is 4.71. The van der Waals surface area contributed by atoms with Crippen LogP contribution in [-0.2, 0) is 10.0 Å². The van der Waals surface area contributed by atoms with Crippen molar-refractivity contribution in [2.24, 2.45) is 0 Å². The summed E-state index contributed by atoms with van der Waals surface area (Å²) in [5, 5.41) is 9.77. The van der Waals surface area contributed by atoms with Crippen LogP contribution in [0.1, 0.15) is 46.2 Å². The normalized spacial score (nSPS) is 15.1. The lowest BCUT2D eigenvalue weighted by Gasteiger charge is -2.30. The molecular formula is C26H26BrN5O3S2. The summed E-state index contributed by atoms with van der Waals surface area (Å²) < 4.78 is 30.2. The van der Waals surface area contributed by atoms with Gasteiger partial charge in [0, 0.05) is 34.6 Å². The van der Waals surface area contributed by atoms with Gasteiger partial charge in [0.05, 0.1) is 16.3 Å². The number of piperidine rings is 1. The fourth-order valence-electron chi connectivity index (χ4n) is 4.37. The van der Waals surface area contributed by atoms with Crippen LogP contribution in [0.25, 0.3) is 5.69 Å². The first-order chi connectivity index (χ1) is 17.7. The molecule has 4 aromatic rings. The average molecular weight is 601 g/mol. The Morgan fingerprint density at radius 2 is 1.73 bits per heavy atom. The predicted octanol–water partition coefficient (Wildman–Crippen LogP) is 5.53. The number of benzene rings is 2. The number of aryl methyl sites for hydroxylation is 2. The quantitative estimate of drug-likeness (QED) is 0.314. The Morgan fingerprint density at radius 1 is 1.05 bits per heavy atom. The summed E-state index contributed by atoms with van der Waals surface area (Å²) in [6.07, 6.45) is 1.36. The molecule has 0 unspecified atom stereocenters. The van der Waals surface area contributed by atoms with E-state index in [-0.39, 0.29) is 11.8 Å². The smallest absolute Gasteiger partial charge is 0.277 e. The molecule has 3 heterocycles. The predicted molar refractivity (Wildman–Crippen MR) is 148 cm³/mol. The van der Waals surface area contributed by atoms with E-state index in [9.17, 15) is 13.2 Å². The van der Waals surface area contributed by atoms with Gasteiger partial charge in [-0.25, -0.2) is 18.1 Å². The summed E-state index contributed by atoms with van der Waals surface area (Å²) in [5.74, 6) is -0.177. The van der Waals surface area contributed by atoms with Gasteiger partial charge < -0.3 is 0 Å².